The molecule has 0 aromatic heterocycles. The van der Waals surface area contributed by atoms with Crippen molar-refractivity contribution in [2.45, 2.75) is 45.6 Å². The molecule has 0 spiro atoms. The molecule has 1 aliphatic rings. The Labute approximate surface area is 108 Å². The SMILES string of the molecule is Cc1cc(N2CCCCCC2C)ccc1C(=O)O. The molecule has 1 saturated heterocycles. The number of rotatable bonds is 2. The summed E-state index contributed by atoms with van der Waals surface area (Å²) in [5, 5.41) is 9.05. The van der Waals surface area contributed by atoms with Gasteiger partial charge in [-0.3, -0.25) is 0 Å². The Balaban J connectivity index is 2.27. The average Bonchev–Trinajstić information content (AvgIpc) is 2.53. The van der Waals surface area contributed by atoms with Crippen LogP contribution in [-0.2, 0) is 0 Å². The summed E-state index contributed by atoms with van der Waals surface area (Å²) in [5.41, 5.74) is 2.41. The summed E-state index contributed by atoms with van der Waals surface area (Å²) < 4.78 is 0. The summed E-state index contributed by atoms with van der Waals surface area (Å²) in [4.78, 5) is 13.4. The molecule has 0 saturated carbocycles. The van der Waals surface area contributed by atoms with Crippen molar-refractivity contribution in [3.8, 4) is 0 Å². The number of nitrogens with zero attached hydrogens (tertiary/aromatic N) is 1. The molecule has 1 aromatic rings. The molecule has 1 unspecified atom stereocenters. The Kier molecular flexibility index (Phi) is 3.90. The minimum Gasteiger partial charge on any atom is -0.478 e. The predicted octanol–water partition coefficient (Wildman–Crippen LogP) is 3.46. The molecule has 3 nitrogen and oxygen atoms in total. The summed E-state index contributed by atoms with van der Waals surface area (Å²) in [7, 11) is 0. The van der Waals surface area contributed by atoms with Gasteiger partial charge in [0, 0.05) is 18.3 Å². The molecular weight excluding hydrogens is 226 g/mol. The number of benzene rings is 1. The van der Waals surface area contributed by atoms with Crippen LogP contribution < -0.4 is 4.90 Å². The maximum absolute atomic E-state index is 11.0. The summed E-state index contributed by atoms with van der Waals surface area (Å²) >= 11 is 0. The lowest BCUT2D eigenvalue weighted by Crippen LogP contribution is -2.32. The Hall–Kier alpha value is -1.51. The van der Waals surface area contributed by atoms with Gasteiger partial charge in [0.15, 0.2) is 0 Å². The third kappa shape index (κ3) is 2.66. The van der Waals surface area contributed by atoms with E-state index in [0.29, 0.717) is 11.6 Å². The third-order valence-corrected chi connectivity index (χ3v) is 3.83. The number of carbonyl (C=O) groups is 1. The first-order valence-electron chi connectivity index (χ1n) is 6.70. The summed E-state index contributed by atoms with van der Waals surface area (Å²) in [5.74, 6) is -0.844. The van der Waals surface area contributed by atoms with Gasteiger partial charge in [-0.2, -0.15) is 0 Å². The van der Waals surface area contributed by atoms with Crippen molar-refractivity contribution in [1.29, 1.82) is 0 Å². The molecule has 98 valence electrons. The van der Waals surface area contributed by atoms with Crippen LogP contribution in [0.25, 0.3) is 0 Å². The fraction of sp³-hybridized carbons (Fsp3) is 0.533. The van der Waals surface area contributed by atoms with Crippen LogP contribution in [0, 0.1) is 6.92 Å². The number of carboxylic acids is 1. The van der Waals surface area contributed by atoms with Crippen LogP contribution in [-0.4, -0.2) is 23.7 Å². The lowest BCUT2D eigenvalue weighted by molar-refractivity contribution is 0.0696. The van der Waals surface area contributed by atoms with Crippen LogP contribution in [0.1, 0.15) is 48.5 Å². The number of aryl methyl sites for hydroxylation is 1. The standard InChI is InChI=1S/C15H21NO2/c1-11-10-13(7-8-14(11)15(17)18)16-9-5-3-4-6-12(16)2/h7-8,10,12H,3-6,9H2,1-2H3,(H,17,18). The Bertz CT molecular complexity index is 442. The van der Waals surface area contributed by atoms with Gasteiger partial charge >= 0.3 is 5.97 Å². The van der Waals surface area contributed by atoms with E-state index in [9.17, 15) is 4.79 Å². The van der Waals surface area contributed by atoms with Crippen molar-refractivity contribution in [3.05, 3.63) is 29.3 Å². The number of hydrogen-bond donors (Lipinski definition) is 1. The van der Waals surface area contributed by atoms with E-state index in [0.717, 1.165) is 17.8 Å². The zero-order chi connectivity index (χ0) is 13.1. The van der Waals surface area contributed by atoms with Crippen LogP contribution >= 0.6 is 0 Å². The number of carboxylic acid groups (broad SMARTS) is 1. The molecule has 0 aliphatic carbocycles. The van der Waals surface area contributed by atoms with E-state index in [-0.39, 0.29) is 0 Å². The molecule has 3 heteroatoms. The van der Waals surface area contributed by atoms with Gasteiger partial charge < -0.3 is 10.0 Å². The van der Waals surface area contributed by atoms with Crippen molar-refractivity contribution in [3.63, 3.8) is 0 Å². The molecule has 1 atom stereocenters. The van der Waals surface area contributed by atoms with Crippen LogP contribution in [0.15, 0.2) is 18.2 Å². The summed E-state index contributed by atoms with van der Waals surface area (Å²) in [6, 6.07) is 6.22. The first-order valence-corrected chi connectivity index (χ1v) is 6.70. The van der Waals surface area contributed by atoms with E-state index in [2.05, 4.69) is 11.8 Å². The van der Waals surface area contributed by atoms with E-state index in [1.165, 1.54) is 25.7 Å². The zero-order valence-electron chi connectivity index (χ0n) is 11.1. The fourth-order valence-corrected chi connectivity index (χ4v) is 2.72. The third-order valence-electron chi connectivity index (χ3n) is 3.83. The van der Waals surface area contributed by atoms with E-state index in [1.54, 1.807) is 6.07 Å². The minimum absolute atomic E-state index is 0.404. The first-order chi connectivity index (χ1) is 8.59. The highest BCUT2D eigenvalue weighted by Gasteiger charge is 2.18. The molecular formula is C15H21NO2. The predicted molar refractivity (Wildman–Crippen MR) is 73.4 cm³/mol. The second-order valence-electron chi connectivity index (χ2n) is 5.20. The van der Waals surface area contributed by atoms with Crippen LogP contribution in [0.3, 0.4) is 0 Å². The monoisotopic (exact) mass is 247 g/mol. The first kappa shape index (κ1) is 12.9. The highest BCUT2D eigenvalue weighted by molar-refractivity contribution is 5.89. The van der Waals surface area contributed by atoms with Gasteiger partial charge in [0.2, 0.25) is 0 Å². The van der Waals surface area contributed by atoms with Crippen molar-refractivity contribution in [2.24, 2.45) is 0 Å². The van der Waals surface area contributed by atoms with Crippen molar-refractivity contribution >= 4 is 11.7 Å². The largest absolute Gasteiger partial charge is 0.478 e. The fourth-order valence-electron chi connectivity index (χ4n) is 2.72. The molecule has 0 amide bonds. The highest BCUT2D eigenvalue weighted by Crippen LogP contribution is 2.26. The molecule has 18 heavy (non-hydrogen) atoms. The number of hydrogen-bond acceptors (Lipinski definition) is 2. The quantitative estimate of drug-likeness (QED) is 0.870. The Morgan fingerprint density at radius 2 is 2.11 bits per heavy atom. The topological polar surface area (TPSA) is 40.5 Å². The molecule has 1 aliphatic heterocycles. The maximum Gasteiger partial charge on any atom is 0.335 e. The molecule has 1 fully saturated rings. The molecule has 2 rings (SSSR count). The molecule has 0 radical (unpaired) electrons. The second kappa shape index (κ2) is 5.42. The van der Waals surface area contributed by atoms with Crippen molar-refractivity contribution < 1.29 is 9.90 Å². The smallest absolute Gasteiger partial charge is 0.335 e. The van der Waals surface area contributed by atoms with Crippen LogP contribution in [0.2, 0.25) is 0 Å². The Morgan fingerprint density at radius 1 is 1.33 bits per heavy atom. The van der Waals surface area contributed by atoms with Gasteiger partial charge in [-0.25, -0.2) is 4.79 Å². The van der Waals surface area contributed by atoms with Crippen molar-refractivity contribution in [2.75, 3.05) is 11.4 Å². The molecule has 1 heterocycles. The number of anilines is 1. The molecule has 0 bridgehead atoms. The van der Waals surface area contributed by atoms with Gasteiger partial charge in [0.05, 0.1) is 5.56 Å². The number of aromatic carboxylic acids is 1. The van der Waals surface area contributed by atoms with Crippen molar-refractivity contribution in [1.82, 2.24) is 0 Å². The second-order valence-corrected chi connectivity index (χ2v) is 5.20. The van der Waals surface area contributed by atoms with Gasteiger partial charge in [0.25, 0.3) is 0 Å². The van der Waals surface area contributed by atoms with E-state index < -0.39 is 5.97 Å². The average molecular weight is 247 g/mol. The van der Waals surface area contributed by atoms with E-state index in [1.807, 2.05) is 19.1 Å². The molecule has 1 aromatic carbocycles. The Morgan fingerprint density at radius 3 is 2.78 bits per heavy atom. The van der Waals surface area contributed by atoms with Crippen LogP contribution in [0.5, 0.6) is 0 Å². The lowest BCUT2D eigenvalue weighted by Gasteiger charge is -2.30. The van der Waals surface area contributed by atoms with E-state index in [4.69, 9.17) is 5.11 Å². The normalized spacial score (nSPS) is 20.6. The highest BCUT2D eigenvalue weighted by atomic mass is 16.4. The summed E-state index contributed by atoms with van der Waals surface area (Å²) in [6.07, 6.45) is 5.04. The molecule has 1 N–H and O–H groups in total. The van der Waals surface area contributed by atoms with E-state index >= 15 is 0 Å². The van der Waals surface area contributed by atoms with Crippen LogP contribution in [0.4, 0.5) is 5.69 Å². The minimum atomic E-state index is -0.844. The maximum atomic E-state index is 11.0. The van der Waals surface area contributed by atoms with Gasteiger partial charge in [-0.05, 0) is 50.5 Å². The lowest BCUT2D eigenvalue weighted by atomic mass is 10.1. The van der Waals surface area contributed by atoms with Gasteiger partial charge in [-0.1, -0.05) is 12.8 Å². The van der Waals surface area contributed by atoms with Gasteiger partial charge in [-0.15, -0.1) is 0 Å². The zero-order valence-corrected chi connectivity index (χ0v) is 11.1. The summed E-state index contributed by atoms with van der Waals surface area (Å²) in [6.45, 7) is 5.20. The van der Waals surface area contributed by atoms with Gasteiger partial charge in [0.1, 0.15) is 0 Å².